The van der Waals surface area contributed by atoms with Gasteiger partial charge in [0.1, 0.15) is 0 Å². The van der Waals surface area contributed by atoms with Crippen molar-refractivity contribution in [2.45, 2.75) is 31.5 Å². The number of benzene rings is 1. The van der Waals surface area contributed by atoms with Gasteiger partial charge in [-0.1, -0.05) is 30.3 Å². The molecule has 0 spiro atoms. The van der Waals surface area contributed by atoms with E-state index in [2.05, 4.69) is 34.5 Å². The molecule has 2 N–H and O–H groups in total. The Bertz CT molecular complexity index is 360. The van der Waals surface area contributed by atoms with E-state index in [1.165, 1.54) is 5.56 Å². The first-order valence-electron chi connectivity index (χ1n) is 6.28. The van der Waals surface area contributed by atoms with E-state index in [0.717, 1.165) is 26.1 Å². The normalized spacial score (nSPS) is 27.2. The molecular formula is C14H24Cl2N2O. The molecule has 2 unspecified atom stereocenters. The van der Waals surface area contributed by atoms with Crippen LogP contribution >= 0.6 is 24.8 Å². The lowest BCUT2D eigenvalue weighted by Gasteiger charge is -2.42. The first-order valence-corrected chi connectivity index (χ1v) is 6.28. The summed E-state index contributed by atoms with van der Waals surface area (Å²) < 4.78 is 0. The zero-order chi connectivity index (χ0) is 12.3. The van der Waals surface area contributed by atoms with Gasteiger partial charge in [0.2, 0.25) is 0 Å². The molecule has 1 saturated heterocycles. The molecule has 2 atom stereocenters. The van der Waals surface area contributed by atoms with Crippen molar-refractivity contribution in [3.63, 3.8) is 0 Å². The Hall–Kier alpha value is -0.320. The molecule has 1 heterocycles. The van der Waals surface area contributed by atoms with Gasteiger partial charge in [-0.25, -0.2) is 0 Å². The Morgan fingerprint density at radius 2 is 1.95 bits per heavy atom. The molecule has 0 aliphatic carbocycles. The van der Waals surface area contributed by atoms with Gasteiger partial charge in [-0.3, -0.25) is 4.90 Å². The Balaban J connectivity index is 0.00000162. The van der Waals surface area contributed by atoms with Crippen LogP contribution in [0.5, 0.6) is 0 Å². The molecule has 1 aliphatic rings. The molecule has 2 rings (SSSR count). The molecule has 0 bridgehead atoms. The lowest BCUT2D eigenvalue weighted by atomic mass is 9.88. The standard InChI is InChI=1S/C14H22N2O.2ClH/c1-14(17)8-9-16(11-13(14)15-2)10-12-6-4-3-5-7-12;;/h3-7,13,15,17H,8-11H2,1-2H3;2*1H. The number of likely N-dealkylation sites (N-methyl/N-ethyl adjacent to an activating group) is 1. The minimum Gasteiger partial charge on any atom is -0.388 e. The van der Waals surface area contributed by atoms with E-state index in [1.54, 1.807) is 0 Å². The molecule has 1 aliphatic heterocycles. The van der Waals surface area contributed by atoms with Crippen LogP contribution in [-0.4, -0.2) is 41.8 Å². The highest BCUT2D eigenvalue weighted by atomic mass is 35.5. The number of hydrogen-bond donors (Lipinski definition) is 2. The molecule has 110 valence electrons. The molecule has 0 radical (unpaired) electrons. The lowest BCUT2D eigenvalue weighted by Crippen LogP contribution is -2.58. The number of hydrogen-bond acceptors (Lipinski definition) is 3. The Kier molecular flexibility index (Phi) is 7.94. The average molecular weight is 307 g/mol. The van der Waals surface area contributed by atoms with E-state index in [9.17, 15) is 5.11 Å². The summed E-state index contributed by atoms with van der Waals surface area (Å²) in [5.41, 5.74) is 0.756. The van der Waals surface area contributed by atoms with Gasteiger partial charge in [-0.15, -0.1) is 24.8 Å². The average Bonchev–Trinajstić information content (AvgIpc) is 2.33. The van der Waals surface area contributed by atoms with Crippen LogP contribution in [0.15, 0.2) is 30.3 Å². The van der Waals surface area contributed by atoms with E-state index in [-0.39, 0.29) is 30.9 Å². The van der Waals surface area contributed by atoms with Gasteiger partial charge in [0.15, 0.2) is 0 Å². The van der Waals surface area contributed by atoms with Crippen molar-refractivity contribution in [3.05, 3.63) is 35.9 Å². The number of aliphatic hydroxyl groups is 1. The van der Waals surface area contributed by atoms with Crippen molar-refractivity contribution in [3.8, 4) is 0 Å². The Morgan fingerprint density at radius 1 is 1.32 bits per heavy atom. The predicted molar refractivity (Wildman–Crippen MR) is 84.3 cm³/mol. The molecule has 5 heteroatoms. The zero-order valence-electron chi connectivity index (χ0n) is 11.5. The molecule has 0 amide bonds. The molecule has 3 nitrogen and oxygen atoms in total. The van der Waals surface area contributed by atoms with Crippen LogP contribution in [0, 0.1) is 0 Å². The van der Waals surface area contributed by atoms with Gasteiger partial charge in [0.25, 0.3) is 0 Å². The third kappa shape index (κ3) is 4.93. The number of halogens is 2. The molecular weight excluding hydrogens is 283 g/mol. The topological polar surface area (TPSA) is 35.5 Å². The van der Waals surface area contributed by atoms with E-state index in [0.29, 0.717) is 0 Å². The summed E-state index contributed by atoms with van der Waals surface area (Å²) in [7, 11) is 1.92. The van der Waals surface area contributed by atoms with Gasteiger partial charge in [0.05, 0.1) is 5.60 Å². The second-order valence-electron chi connectivity index (χ2n) is 5.17. The first-order chi connectivity index (χ1) is 8.12. The van der Waals surface area contributed by atoms with Gasteiger partial charge in [-0.05, 0) is 26.0 Å². The number of likely N-dealkylation sites (tertiary alicyclic amines) is 1. The molecule has 0 aromatic heterocycles. The third-order valence-corrected chi connectivity index (χ3v) is 3.72. The molecule has 1 aromatic rings. The summed E-state index contributed by atoms with van der Waals surface area (Å²) >= 11 is 0. The van der Waals surface area contributed by atoms with Crippen LogP contribution in [0.2, 0.25) is 0 Å². The monoisotopic (exact) mass is 306 g/mol. The molecule has 19 heavy (non-hydrogen) atoms. The summed E-state index contributed by atoms with van der Waals surface area (Å²) in [5, 5.41) is 13.4. The van der Waals surface area contributed by atoms with Crippen molar-refractivity contribution in [1.29, 1.82) is 0 Å². The van der Waals surface area contributed by atoms with E-state index >= 15 is 0 Å². The second kappa shape index (κ2) is 8.08. The maximum atomic E-state index is 10.2. The van der Waals surface area contributed by atoms with Crippen LogP contribution in [-0.2, 0) is 6.54 Å². The fourth-order valence-electron chi connectivity index (χ4n) is 2.49. The fraction of sp³-hybridized carbons (Fsp3) is 0.571. The smallest absolute Gasteiger partial charge is 0.0796 e. The van der Waals surface area contributed by atoms with Crippen LogP contribution in [0.1, 0.15) is 18.9 Å². The third-order valence-electron chi connectivity index (χ3n) is 3.72. The van der Waals surface area contributed by atoms with Gasteiger partial charge < -0.3 is 10.4 Å². The number of nitrogens with zero attached hydrogens (tertiary/aromatic N) is 1. The van der Waals surface area contributed by atoms with Crippen LogP contribution in [0.3, 0.4) is 0 Å². The van der Waals surface area contributed by atoms with E-state index in [4.69, 9.17) is 0 Å². The predicted octanol–water partition coefficient (Wildman–Crippen LogP) is 2.07. The van der Waals surface area contributed by atoms with Gasteiger partial charge >= 0.3 is 0 Å². The maximum absolute atomic E-state index is 10.2. The fourth-order valence-corrected chi connectivity index (χ4v) is 2.49. The van der Waals surface area contributed by atoms with Gasteiger partial charge in [0, 0.05) is 25.7 Å². The molecule has 0 saturated carbocycles. The SMILES string of the molecule is CNC1CN(Cc2ccccc2)CCC1(C)O.Cl.Cl. The minimum absolute atomic E-state index is 0. The van der Waals surface area contributed by atoms with Crippen molar-refractivity contribution < 1.29 is 5.11 Å². The Labute approximate surface area is 128 Å². The maximum Gasteiger partial charge on any atom is 0.0796 e. The highest BCUT2D eigenvalue weighted by Crippen LogP contribution is 2.22. The highest BCUT2D eigenvalue weighted by molar-refractivity contribution is 5.85. The number of nitrogens with one attached hydrogen (secondary N) is 1. The Morgan fingerprint density at radius 3 is 2.53 bits per heavy atom. The number of piperidine rings is 1. The van der Waals surface area contributed by atoms with Crippen LogP contribution in [0.4, 0.5) is 0 Å². The van der Waals surface area contributed by atoms with E-state index < -0.39 is 5.60 Å². The van der Waals surface area contributed by atoms with E-state index in [1.807, 2.05) is 20.0 Å². The van der Waals surface area contributed by atoms with Crippen molar-refractivity contribution >= 4 is 24.8 Å². The summed E-state index contributed by atoms with van der Waals surface area (Å²) in [5.74, 6) is 0. The summed E-state index contributed by atoms with van der Waals surface area (Å²) in [6, 6.07) is 10.7. The quantitative estimate of drug-likeness (QED) is 0.897. The van der Waals surface area contributed by atoms with Crippen molar-refractivity contribution in [2.24, 2.45) is 0 Å². The largest absolute Gasteiger partial charge is 0.388 e. The van der Waals surface area contributed by atoms with Crippen molar-refractivity contribution in [2.75, 3.05) is 20.1 Å². The lowest BCUT2D eigenvalue weighted by molar-refractivity contribution is -0.0357. The van der Waals surface area contributed by atoms with Crippen LogP contribution < -0.4 is 5.32 Å². The second-order valence-corrected chi connectivity index (χ2v) is 5.17. The summed E-state index contributed by atoms with van der Waals surface area (Å²) in [4.78, 5) is 2.40. The van der Waals surface area contributed by atoms with Crippen molar-refractivity contribution in [1.82, 2.24) is 10.2 Å². The first kappa shape index (κ1) is 18.7. The van der Waals surface area contributed by atoms with Gasteiger partial charge in [-0.2, -0.15) is 0 Å². The molecule has 1 fully saturated rings. The minimum atomic E-state index is -0.581. The zero-order valence-corrected chi connectivity index (χ0v) is 13.1. The molecule has 1 aromatic carbocycles. The highest BCUT2D eigenvalue weighted by Gasteiger charge is 2.36. The summed E-state index contributed by atoms with van der Waals surface area (Å²) in [6.07, 6.45) is 0.825. The number of rotatable bonds is 3. The van der Waals surface area contributed by atoms with Crippen LogP contribution in [0.25, 0.3) is 0 Å². The summed E-state index contributed by atoms with van der Waals surface area (Å²) in [6.45, 7) is 4.75.